The Morgan fingerprint density at radius 2 is 2.15 bits per heavy atom. The number of carbonyl (C=O) groups is 1. The van der Waals surface area contributed by atoms with Crippen molar-refractivity contribution in [2.75, 3.05) is 5.73 Å². The summed E-state index contributed by atoms with van der Waals surface area (Å²) in [6.07, 6.45) is 1.68. The topological polar surface area (TPSA) is 89.6 Å². The van der Waals surface area contributed by atoms with Gasteiger partial charge in [-0.2, -0.15) is 5.10 Å². The van der Waals surface area contributed by atoms with E-state index in [1.807, 2.05) is 48.5 Å². The van der Waals surface area contributed by atoms with Gasteiger partial charge >= 0.3 is 0 Å². The summed E-state index contributed by atoms with van der Waals surface area (Å²) in [4.78, 5) is 15.9. The van der Waals surface area contributed by atoms with Crippen LogP contribution in [0.15, 0.2) is 59.0 Å². The van der Waals surface area contributed by atoms with Crippen LogP contribution in [0.1, 0.15) is 16.8 Å². The van der Waals surface area contributed by atoms with Gasteiger partial charge in [-0.15, -0.1) is 11.3 Å². The third kappa shape index (κ3) is 5.80. The number of hydrogen-bond donors (Lipinski definition) is 2. The molecule has 3 N–H and O–H groups in total. The van der Waals surface area contributed by atoms with Crippen LogP contribution in [-0.2, 0) is 17.8 Å². The lowest BCUT2D eigenvalue weighted by Gasteiger charge is -2.08. The van der Waals surface area contributed by atoms with Gasteiger partial charge in [0, 0.05) is 16.0 Å². The van der Waals surface area contributed by atoms with E-state index in [2.05, 4.69) is 15.5 Å². The first-order valence-electron chi connectivity index (χ1n) is 8.08. The number of anilines is 1. The minimum atomic E-state index is -0.261. The second-order valence-corrected chi connectivity index (χ2v) is 6.90. The van der Waals surface area contributed by atoms with Gasteiger partial charge in [-0.05, 0) is 23.8 Å². The van der Waals surface area contributed by atoms with E-state index < -0.39 is 0 Å². The average Bonchev–Trinajstić information content (AvgIpc) is 3.06. The van der Waals surface area contributed by atoms with Crippen molar-refractivity contribution >= 4 is 40.2 Å². The first-order chi connectivity index (χ1) is 13.1. The zero-order valence-electron chi connectivity index (χ0n) is 14.3. The minimum Gasteiger partial charge on any atom is -0.489 e. The van der Waals surface area contributed by atoms with E-state index in [-0.39, 0.29) is 12.3 Å². The molecule has 138 valence electrons. The second-order valence-electron chi connectivity index (χ2n) is 5.60. The molecule has 0 bridgehead atoms. The average molecular weight is 401 g/mol. The molecule has 1 aromatic heterocycles. The van der Waals surface area contributed by atoms with Gasteiger partial charge < -0.3 is 10.5 Å². The fraction of sp³-hybridized carbons (Fsp3) is 0.105. The molecule has 3 aromatic rings. The fourth-order valence-electron chi connectivity index (χ4n) is 2.25. The highest BCUT2D eigenvalue weighted by molar-refractivity contribution is 7.13. The Bertz CT molecular complexity index is 958. The van der Waals surface area contributed by atoms with E-state index in [4.69, 9.17) is 22.1 Å². The van der Waals surface area contributed by atoms with Gasteiger partial charge in [-0.3, -0.25) is 4.79 Å². The lowest BCUT2D eigenvalue weighted by molar-refractivity contribution is -0.120. The predicted molar refractivity (Wildman–Crippen MR) is 108 cm³/mol. The number of nitrogens with one attached hydrogen (secondary N) is 1. The lowest BCUT2D eigenvalue weighted by Crippen LogP contribution is -2.19. The summed E-state index contributed by atoms with van der Waals surface area (Å²) in [5.41, 5.74) is 10.3. The number of hydrogen-bond acceptors (Lipinski definition) is 6. The van der Waals surface area contributed by atoms with Gasteiger partial charge in [0.2, 0.25) is 5.91 Å². The van der Waals surface area contributed by atoms with Gasteiger partial charge in [0.15, 0.2) is 5.13 Å². The zero-order valence-corrected chi connectivity index (χ0v) is 15.8. The largest absolute Gasteiger partial charge is 0.489 e. The molecule has 2 aromatic carbocycles. The molecule has 3 rings (SSSR count). The molecule has 0 aliphatic heterocycles. The Labute approximate surface area is 165 Å². The molecule has 0 saturated heterocycles. The normalized spacial score (nSPS) is 10.9. The molecule has 1 heterocycles. The number of halogens is 1. The van der Waals surface area contributed by atoms with Crippen molar-refractivity contribution in [2.24, 2.45) is 5.10 Å². The Hall–Kier alpha value is -2.90. The smallest absolute Gasteiger partial charge is 0.246 e. The number of carbonyl (C=O) groups excluding carboxylic acids is 1. The number of amides is 1. The molecule has 6 nitrogen and oxygen atoms in total. The number of nitrogens with zero attached hydrogens (tertiary/aromatic N) is 2. The van der Waals surface area contributed by atoms with Gasteiger partial charge in [0.25, 0.3) is 0 Å². The molecule has 0 fully saturated rings. The zero-order chi connectivity index (χ0) is 19.1. The van der Waals surface area contributed by atoms with Crippen molar-refractivity contribution < 1.29 is 9.53 Å². The number of hydrazone groups is 1. The number of thiazole rings is 1. The van der Waals surface area contributed by atoms with Gasteiger partial charge in [-0.1, -0.05) is 41.9 Å². The van der Waals surface area contributed by atoms with E-state index in [0.29, 0.717) is 28.2 Å². The molecule has 0 saturated carbocycles. The van der Waals surface area contributed by atoms with Crippen molar-refractivity contribution in [3.63, 3.8) is 0 Å². The number of rotatable bonds is 7. The standard InChI is InChI=1S/C19H17ClN4O2S/c20-17-7-2-1-5-14(17)11-26-16-6-3-4-13(8-16)10-22-24-18(25)9-15-12-27-19(21)23-15/h1-8,10,12H,9,11H2,(H2,21,23)(H,24,25)/b22-10+. The van der Waals surface area contributed by atoms with Crippen LogP contribution in [0.25, 0.3) is 0 Å². The van der Waals surface area contributed by atoms with Crippen LogP contribution in [0.3, 0.4) is 0 Å². The monoisotopic (exact) mass is 400 g/mol. The molecule has 1 amide bonds. The third-order valence-corrected chi connectivity index (χ3v) is 4.62. The highest BCUT2D eigenvalue weighted by atomic mass is 35.5. The maximum Gasteiger partial charge on any atom is 0.246 e. The van der Waals surface area contributed by atoms with Gasteiger partial charge in [0.1, 0.15) is 12.4 Å². The molecule has 0 atom stereocenters. The molecule has 0 spiro atoms. The molecule has 0 unspecified atom stereocenters. The number of nitrogen functional groups attached to an aromatic ring is 1. The van der Waals surface area contributed by atoms with E-state index >= 15 is 0 Å². The van der Waals surface area contributed by atoms with Crippen LogP contribution in [0.2, 0.25) is 5.02 Å². The summed E-state index contributed by atoms with van der Waals surface area (Å²) in [5, 5.41) is 6.82. The summed E-state index contributed by atoms with van der Waals surface area (Å²) in [6, 6.07) is 14.9. The highest BCUT2D eigenvalue weighted by Crippen LogP contribution is 2.19. The molecular weight excluding hydrogens is 384 g/mol. The van der Waals surface area contributed by atoms with E-state index in [1.54, 1.807) is 11.6 Å². The second kappa shape index (κ2) is 9.16. The van der Waals surface area contributed by atoms with Crippen LogP contribution in [-0.4, -0.2) is 17.1 Å². The third-order valence-electron chi connectivity index (χ3n) is 3.52. The molecule has 0 aliphatic carbocycles. The fourth-order valence-corrected chi connectivity index (χ4v) is 3.00. The summed E-state index contributed by atoms with van der Waals surface area (Å²) >= 11 is 7.43. The highest BCUT2D eigenvalue weighted by Gasteiger charge is 2.05. The maximum absolute atomic E-state index is 11.8. The summed E-state index contributed by atoms with van der Waals surface area (Å²) in [7, 11) is 0. The first-order valence-corrected chi connectivity index (χ1v) is 9.34. The van der Waals surface area contributed by atoms with Crippen LogP contribution in [0, 0.1) is 0 Å². The number of ether oxygens (including phenoxy) is 1. The summed E-state index contributed by atoms with van der Waals surface area (Å²) in [6.45, 7) is 0.369. The van der Waals surface area contributed by atoms with Gasteiger partial charge in [-0.25, -0.2) is 10.4 Å². The van der Waals surface area contributed by atoms with E-state index in [1.165, 1.54) is 11.3 Å². The number of benzene rings is 2. The Kier molecular flexibility index (Phi) is 6.40. The summed E-state index contributed by atoms with van der Waals surface area (Å²) in [5.74, 6) is 0.422. The summed E-state index contributed by atoms with van der Waals surface area (Å²) < 4.78 is 5.77. The Morgan fingerprint density at radius 3 is 2.93 bits per heavy atom. The molecular formula is C19H17ClN4O2S. The number of nitrogens with two attached hydrogens (primary N) is 1. The predicted octanol–water partition coefficient (Wildman–Crippen LogP) is 3.65. The van der Waals surface area contributed by atoms with Crippen molar-refractivity contribution in [3.8, 4) is 5.75 Å². The molecule has 27 heavy (non-hydrogen) atoms. The first kappa shape index (κ1) is 18.9. The Balaban J connectivity index is 1.53. The van der Waals surface area contributed by atoms with E-state index in [0.717, 1.165) is 11.1 Å². The maximum atomic E-state index is 11.8. The van der Waals surface area contributed by atoms with Crippen LogP contribution < -0.4 is 15.9 Å². The van der Waals surface area contributed by atoms with E-state index in [9.17, 15) is 4.79 Å². The molecule has 0 radical (unpaired) electrons. The van der Waals surface area contributed by atoms with Crippen molar-refractivity contribution in [1.82, 2.24) is 10.4 Å². The van der Waals surface area contributed by atoms with Crippen molar-refractivity contribution in [1.29, 1.82) is 0 Å². The quantitative estimate of drug-likeness (QED) is 0.468. The van der Waals surface area contributed by atoms with Crippen LogP contribution >= 0.6 is 22.9 Å². The van der Waals surface area contributed by atoms with Gasteiger partial charge in [0.05, 0.1) is 18.3 Å². The Morgan fingerprint density at radius 1 is 1.30 bits per heavy atom. The lowest BCUT2D eigenvalue weighted by atomic mass is 10.2. The minimum absolute atomic E-state index is 0.131. The van der Waals surface area contributed by atoms with Crippen LogP contribution in [0.5, 0.6) is 5.75 Å². The van der Waals surface area contributed by atoms with Crippen molar-refractivity contribution in [2.45, 2.75) is 13.0 Å². The SMILES string of the molecule is Nc1nc(CC(=O)N/N=C/c2cccc(OCc3ccccc3Cl)c2)cs1. The molecule has 8 heteroatoms. The number of aromatic nitrogens is 1. The van der Waals surface area contributed by atoms with Crippen molar-refractivity contribution in [3.05, 3.63) is 75.8 Å². The molecule has 0 aliphatic rings. The van der Waals surface area contributed by atoms with Crippen LogP contribution in [0.4, 0.5) is 5.13 Å².